The zero-order chi connectivity index (χ0) is 25.2. The van der Waals surface area contributed by atoms with Crippen molar-refractivity contribution in [1.82, 2.24) is 0 Å². The van der Waals surface area contributed by atoms with Gasteiger partial charge in [0, 0.05) is 12.6 Å². The van der Waals surface area contributed by atoms with E-state index in [4.69, 9.17) is 14.2 Å². The van der Waals surface area contributed by atoms with Crippen LogP contribution in [0.4, 0.5) is 5.69 Å². The third-order valence-electron chi connectivity index (χ3n) is 5.83. The van der Waals surface area contributed by atoms with E-state index in [0.717, 1.165) is 5.56 Å². The van der Waals surface area contributed by atoms with Crippen molar-refractivity contribution in [1.29, 1.82) is 0 Å². The highest BCUT2D eigenvalue weighted by Gasteiger charge is 2.31. The number of ether oxygens (including phenoxy) is 3. The second-order valence-corrected chi connectivity index (χ2v) is 9.82. The number of sulfonamides is 1. The maximum absolute atomic E-state index is 13.3. The molecule has 1 atom stereocenters. The van der Waals surface area contributed by atoms with E-state index in [0.29, 0.717) is 24.4 Å². The number of methoxy groups -OCH3 is 2. The predicted octanol–water partition coefficient (Wildman–Crippen LogP) is 3.88. The highest BCUT2D eigenvalue weighted by atomic mass is 32.2. The molecule has 0 saturated heterocycles. The highest BCUT2D eigenvalue weighted by Crippen LogP contribution is 2.33. The number of ketones is 1. The van der Waals surface area contributed by atoms with Crippen LogP contribution in [0.3, 0.4) is 0 Å². The van der Waals surface area contributed by atoms with E-state index in [1.807, 2.05) is 12.1 Å². The Balaban J connectivity index is 1.53. The molecule has 0 fully saturated rings. The molecule has 1 heterocycles. The third-order valence-corrected chi connectivity index (χ3v) is 7.64. The molecule has 0 bridgehead atoms. The minimum atomic E-state index is -3.88. The van der Waals surface area contributed by atoms with Crippen molar-refractivity contribution in [3.8, 4) is 11.5 Å². The topological polar surface area (TPSA) is 99.2 Å². The van der Waals surface area contributed by atoms with Crippen LogP contribution in [0.25, 0.3) is 0 Å². The molecule has 0 aromatic heterocycles. The van der Waals surface area contributed by atoms with Gasteiger partial charge in [0.2, 0.25) is 5.78 Å². The van der Waals surface area contributed by atoms with Crippen LogP contribution in [-0.2, 0) is 21.2 Å². The second kappa shape index (κ2) is 9.79. The molecule has 0 radical (unpaired) electrons. The summed E-state index contributed by atoms with van der Waals surface area (Å²) in [6, 6.07) is 17.6. The van der Waals surface area contributed by atoms with E-state index in [2.05, 4.69) is 0 Å². The number of rotatable bonds is 8. The van der Waals surface area contributed by atoms with Crippen molar-refractivity contribution in [2.45, 2.75) is 24.3 Å². The lowest BCUT2D eigenvalue weighted by Gasteiger charge is -2.20. The van der Waals surface area contributed by atoms with Gasteiger partial charge in [0.1, 0.15) is 11.5 Å². The number of carbonyl (C=O) groups excluding carboxylic acids is 2. The molecule has 1 aliphatic rings. The number of hydrogen-bond donors (Lipinski definition) is 0. The molecule has 3 aromatic carbocycles. The molecule has 0 spiro atoms. The Morgan fingerprint density at radius 1 is 0.943 bits per heavy atom. The number of carbonyl (C=O) groups is 2. The summed E-state index contributed by atoms with van der Waals surface area (Å²) in [4.78, 5) is 25.7. The van der Waals surface area contributed by atoms with Crippen LogP contribution in [0.2, 0.25) is 0 Å². The number of nitrogens with zero attached hydrogens (tertiary/aromatic N) is 1. The van der Waals surface area contributed by atoms with Gasteiger partial charge in [-0.3, -0.25) is 9.10 Å². The Hall–Kier alpha value is -3.85. The Kier molecular flexibility index (Phi) is 6.79. The summed E-state index contributed by atoms with van der Waals surface area (Å²) in [6.45, 7) is 1.78. The molecular formula is C26H25NO7S. The minimum Gasteiger partial charge on any atom is -0.497 e. The molecule has 0 saturated carbocycles. The van der Waals surface area contributed by atoms with E-state index in [1.165, 1.54) is 55.8 Å². The predicted molar refractivity (Wildman–Crippen MR) is 130 cm³/mol. The van der Waals surface area contributed by atoms with E-state index in [1.54, 1.807) is 24.3 Å². The fraction of sp³-hybridized carbons (Fsp3) is 0.231. The number of hydrogen-bond acceptors (Lipinski definition) is 7. The van der Waals surface area contributed by atoms with Crippen molar-refractivity contribution < 1.29 is 32.2 Å². The van der Waals surface area contributed by atoms with Gasteiger partial charge >= 0.3 is 5.97 Å². The quantitative estimate of drug-likeness (QED) is 0.345. The first kappa shape index (κ1) is 24.3. The average Bonchev–Trinajstić information content (AvgIpc) is 3.33. The first-order valence-corrected chi connectivity index (χ1v) is 12.4. The summed E-state index contributed by atoms with van der Waals surface area (Å²) in [6.07, 6.45) is -0.512. The number of Topliss-reactive ketones (excluding diaryl/α,β-unsaturated/α-hetero) is 1. The van der Waals surface area contributed by atoms with Gasteiger partial charge in [-0.05, 0) is 55.3 Å². The zero-order valence-corrected chi connectivity index (χ0v) is 20.4. The van der Waals surface area contributed by atoms with Crippen LogP contribution < -0.4 is 13.8 Å². The summed E-state index contributed by atoms with van der Waals surface area (Å²) >= 11 is 0. The number of fused-ring (bicyclic) bond motifs is 1. The maximum Gasteiger partial charge on any atom is 0.338 e. The van der Waals surface area contributed by atoms with Gasteiger partial charge in [0.05, 0.1) is 35.9 Å². The van der Waals surface area contributed by atoms with Crippen LogP contribution in [-0.4, -0.2) is 47.0 Å². The lowest BCUT2D eigenvalue weighted by molar-refractivity contribution is 0.0317. The fourth-order valence-corrected chi connectivity index (χ4v) is 5.52. The van der Waals surface area contributed by atoms with Crippen molar-refractivity contribution in [2.24, 2.45) is 0 Å². The lowest BCUT2D eigenvalue weighted by atomic mass is 10.1. The van der Waals surface area contributed by atoms with E-state index in [-0.39, 0.29) is 21.8 Å². The average molecular weight is 496 g/mol. The second-order valence-electron chi connectivity index (χ2n) is 7.96. The Labute approximate surface area is 204 Å². The van der Waals surface area contributed by atoms with Gasteiger partial charge in [-0.25, -0.2) is 13.2 Å². The molecule has 0 amide bonds. The molecule has 35 heavy (non-hydrogen) atoms. The summed E-state index contributed by atoms with van der Waals surface area (Å²) < 4.78 is 43.7. The van der Waals surface area contributed by atoms with Gasteiger partial charge < -0.3 is 14.2 Å². The molecule has 0 N–H and O–H groups in total. The normalized spacial score (nSPS) is 13.6. The van der Waals surface area contributed by atoms with Crippen LogP contribution in [0.5, 0.6) is 11.5 Å². The van der Waals surface area contributed by atoms with E-state index < -0.39 is 27.9 Å². The molecule has 0 unspecified atom stereocenters. The smallest absolute Gasteiger partial charge is 0.338 e. The van der Waals surface area contributed by atoms with Crippen molar-refractivity contribution >= 4 is 27.5 Å². The fourth-order valence-electron chi connectivity index (χ4n) is 3.97. The summed E-state index contributed by atoms with van der Waals surface area (Å²) in [5, 5.41) is 0. The SMILES string of the molecule is COc1ccc(C(=O)[C@@H](C)OC(=O)c2cccc(S(=O)(=O)N3CCc4ccccc43)c2)c(OC)c1. The van der Waals surface area contributed by atoms with Gasteiger partial charge in [-0.15, -0.1) is 0 Å². The standard InChI is InChI=1S/C26H25NO7S/c1-17(25(28)22-12-11-20(32-2)16-24(22)33-3)34-26(29)19-8-6-9-21(15-19)35(30,31)27-14-13-18-7-4-5-10-23(18)27/h4-12,15-17H,13-14H2,1-3H3/t17-/m1/s1. The molecule has 9 heteroatoms. The van der Waals surface area contributed by atoms with Crippen molar-refractivity contribution in [2.75, 3.05) is 25.1 Å². The Bertz CT molecular complexity index is 1380. The highest BCUT2D eigenvalue weighted by molar-refractivity contribution is 7.92. The maximum atomic E-state index is 13.3. The number of benzene rings is 3. The minimum absolute atomic E-state index is 0.0277. The van der Waals surface area contributed by atoms with Crippen LogP contribution in [0.1, 0.15) is 33.2 Å². The molecule has 4 rings (SSSR count). The van der Waals surface area contributed by atoms with Gasteiger partial charge in [-0.2, -0.15) is 0 Å². The summed E-state index contributed by atoms with van der Waals surface area (Å²) in [5.41, 5.74) is 1.85. The van der Waals surface area contributed by atoms with E-state index >= 15 is 0 Å². The first-order chi connectivity index (χ1) is 16.8. The van der Waals surface area contributed by atoms with Gasteiger partial charge in [0.15, 0.2) is 6.10 Å². The largest absolute Gasteiger partial charge is 0.497 e. The molecule has 1 aliphatic heterocycles. The Morgan fingerprint density at radius 2 is 1.71 bits per heavy atom. The zero-order valence-electron chi connectivity index (χ0n) is 19.6. The molecule has 8 nitrogen and oxygen atoms in total. The van der Waals surface area contributed by atoms with Gasteiger partial charge in [0.25, 0.3) is 10.0 Å². The van der Waals surface area contributed by atoms with Crippen molar-refractivity contribution in [3.63, 3.8) is 0 Å². The molecule has 182 valence electrons. The van der Waals surface area contributed by atoms with Crippen molar-refractivity contribution in [3.05, 3.63) is 83.4 Å². The van der Waals surface area contributed by atoms with Gasteiger partial charge in [-0.1, -0.05) is 24.3 Å². The summed E-state index contributed by atoms with van der Waals surface area (Å²) in [7, 11) is -0.960. The van der Waals surface area contributed by atoms with Crippen LogP contribution in [0.15, 0.2) is 71.6 Å². The van der Waals surface area contributed by atoms with Crippen LogP contribution >= 0.6 is 0 Å². The van der Waals surface area contributed by atoms with E-state index in [9.17, 15) is 18.0 Å². The van der Waals surface area contributed by atoms with Crippen LogP contribution in [0, 0.1) is 0 Å². The molecule has 0 aliphatic carbocycles. The first-order valence-electron chi connectivity index (χ1n) is 10.9. The Morgan fingerprint density at radius 3 is 2.46 bits per heavy atom. The third kappa shape index (κ3) is 4.72. The molecular weight excluding hydrogens is 470 g/mol. The monoisotopic (exact) mass is 495 g/mol. The number of para-hydroxylation sites is 1. The number of anilines is 1. The number of esters is 1. The lowest BCUT2D eigenvalue weighted by Crippen LogP contribution is -2.29. The molecule has 3 aromatic rings. The summed E-state index contributed by atoms with van der Waals surface area (Å²) in [5.74, 6) is -0.467.